The number of aryl methyl sites for hydroxylation is 1. The van der Waals surface area contributed by atoms with Crippen LogP contribution in [0.4, 0.5) is 10.2 Å². The molecule has 0 amide bonds. The van der Waals surface area contributed by atoms with Crippen molar-refractivity contribution in [2.24, 2.45) is 0 Å². The fourth-order valence-corrected chi connectivity index (χ4v) is 1.65. The second kappa shape index (κ2) is 6.73. The maximum atomic E-state index is 12.7. The molecule has 0 unspecified atom stereocenters. The molecule has 0 fully saturated rings. The van der Waals surface area contributed by atoms with Crippen LogP contribution in [0.1, 0.15) is 12.1 Å². The molecule has 2 aromatic rings. The van der Waals surface area contributed by atoms with Gasteiger partial charge in [-0.2, -0.15) is 0 Å². The zero-order chi connectivity index (χ0) is 13.5. The number of rotatable bonds is 6. The van der Waals surface area contributed by atoms with Crippen LogP contribution in [0, 0.1) is 12.7 Å². The molecule has 0 aliphatic heterocycles. The molecule has 2 rings (SSSR count). The van der Waals surface area contributed by atoms with Crippen LogP contribution in [-0.2, 0) is 0 Å². The number of pyridine rings is 1. The van der Waals surface area contributed by atoms with Crippen LogP contribution < -0.4 is 10.1 Å². The van der Waals surface area contributed by atoms with Gasteiger partial charge in [0.2, 0.25) is 0 Å². The van der Waals surface area contributed by atoms with E-state index in [1.807, 2.05) is 25.1 Å². The summed E-state index contributed by atoms with van der Waals surface area (Å²) in [6, 6.07) is 11.9. The highest BCUT2D eigenvalue weighted by molar-refractivity contribution is 5.34. The predicted octanol–water partition coefficient (Wildman–Crippen LogP) is 3.41. The van der Waals surface area contributed by atoms with Gasteiger partial charge in [0.25, 0.3) is 0 Å². The number of benzene rings is 1. The molecule has 1 aromatic heterocycles. The van der Waals surface area contributed by atoms with Crippen LogP contribution >= 0.6 is 0 Å². The lowest BCUT2D eigenvalue weighted by atomic mass is 10.3. The standard InChI is InChI=1S/C15H17FN2O/c1-12-4-2-5-15(18-12)17-10-3-11-19-14-8-6-13(16)7-9-14/h2,4-9H,3,10-11H2,1H3,(H,17,18). The van der Waals surface area contributed by atoms with Crippen molar-refractivity contribution in [3.05, 3.63) is 54.0 Å². The van der Waals surface area contributed by atoms with Crippen LogP contribution in [0.2, 0.25) is 0 Å². The van der Waals surface area contributed by atoms with E-state index in [4.69, 9.17) is 4.74 Å². The number of anilines is 1. The van der Waals surface area contributed by atoms with Crippen LogP contribution in [0.5, 0.6) is 5.75 Å². The molecule has 1 N–H and O–H groups in total. The number of halogens is 1. The Bertz CT molecular complexity index is 514. The molecule has 1 heterocycles. The highest BCUT2D eigenvalue weighted by atomic mass is 19.1. The van der Waals surface area contributed by atoms with Crippen molar-refractivity contribution < 1.29 is 9.13 Å². The maximum Gasteiger partial charge on any atom is 0.126 e. The average Bonchev–Trinajstić information content (AvgIpc) is 2.41. The van der Waals surface area contributed by atoms with Gasteiger partial charge in [0.1, 0.15) is 17.4 Å². The topological polar surface area (TPSA) is 34.1 Å². The summed E-state index contributed by atoms with van der Waals surface area (Å²) in [5, 5.41) is 3.23. The third kappa shape index (κ3) is 4.58. The molecular formula is C15H17FN2O. The number of hydrogen-bond donors (Lipinski definition) is 1. The van der Waals surface area contributed by atoms with Crippen molar-refractivity contribution >= 4 is 5.82 Å². The molecule has 0 saturated carbocycles. The van der Waals surface area contributed by atoms with Crippen LogP contribution in [0.3, 0.4) is 0 Å². The molecule has 1 aromatic carbocycles. The van der Waals surface area contributed by atoms with Crippen molar-refractivity contribution in [2.45, 2.75) is 13.3 Å². The van der Waals surface area contributed by atoms with E-state index >= 15 is 0 Å². The Morgan fingerprint density at radius 1 is 1.16 bits per heavy atom. The van der Waals surface area contributed by atoms with Crippen molar-refractivity contribution in [1.82, 2.24) is 4.98 Å². The largest absolute Gasteiger partial charge is 0.494 e. The molecule has 3 nitrogen and oxygen atoms in total. The first-order valence-electron chi connectivity index (χ1n) is 6.30. The minimum atomic E-state index is -0.250. The fourth-order valence-electron chi connectivity index (χ4n) is 1.65. The Labute approximate surface area is 112 Å². The van der Waals surface area contributed by atoms with Crippen LogP contribution in [0.15, 0.2) is 42.5 Å². The Hall–Kier alpha value is -2.10. The number of ether oxygens (including phenoxy) is 1. The van der Waals surface area contributed by atoms with Gasteiger partial charge in [-0.1, -0.05) is 6.07 Å². The average molecular weight is 260 g/mol. The highest BCUT2D eigenvalue weighted by Gasteiger charge is 1.96. The molecule has 0 spiro atoms. The van der Waals surface area contributed by atoms with Crippen LogP contribution in [-0.4, -0.2) is 18.1 Å². The maximum absolute atomic E-state index is 12.7. The van der Waals surface area contributed by atoms with E-state index in [0.29, 0.717) is 12.4 Å². The molecule has 0 bridgehead atoms. The zero-order valence-corrected chi connectivity index (χ0v) is 10.9. The van der Waals surface area contributed by atoms with Crippen molar-refractivity contribution in [3.63, 3.8) is 0 Å². The lowest BCUT2D eigenvalue weighted by Crippen LogP contribution is -2.08. The normalized spacial score (nSPS) is 10.2. The summed E-state index contributed by atoms with van der Waals surface area (Å²) in [7, 11) is 0. The van der Waals surface area contributed by atoms with Gasteiger partial charge < -0.3 is 10.1 Å². The summed E-state index contributed by atoms with van der Waals surface area (Å²) in [4.78, 5) is 4.35. The molecular weight excluding hydrogens is 243 g/mol. The molecule has 4 heteroatoms. The minimum Gasteiger partial charge on any atom is -0.494 e. The van der Waals surface area contributed by atoms with E-state index in [1.165, 1.54) is 12.1 Å². The van der Waals surface area contributed by atoms with E-state index in [-0.39, 0.29) is 5.82 Å². The quantitative estimate of drug-likeness (QED) is 0.808. The molecule has 0 atom stereocenters. The SMILES string of the molecule is Cc1cccc(NCCCOc2ccc(F)cc2)n1. The number of nitrogens with zero attached hydrogens (tertiary/aromatic N) is 1. The van der Waals surface area contributed by atoms with Gasteiger partial charge in [0.15, 0.2) is 0 Å². The molecule has 0 aliphatic carbocycles. The molecule has 0 radical (unpaired) electrons. The van der Waals surface area contributed by atoms with Crippen molar-refractivity contribution in [2.75, 3.05) is 18.5 Å². The summed E-state index contributed by atoms with van der Waals surface area (Å²) in [6.45, 7) is 3.34. The van der Waals surface area contributed by atoms with E-state index in [2.05, 4.69) is 10.3 Å². The van der Waals surface area contributed by atoms with Crippen molar-refractivity contribution in [3.8, 4) is 5.75 Å². The first-order chi connectivity index (χ1) is 9.24. The Balaban J connectivity index is 1.66. The second-order valence-corrected chi connectivity index (χ2v) is 4.25. The third-order valence-corrected chi connectivity index (χ3v) is 2.60. The summed E-state index contributed by atoms with van der Waals surface area (Å²) < 4.78 is 18.2. The van der Waals surface area contributed by atoms with E-state index in [0.717, 1.165) is 24.5 Å². The van der Waals surface area contributed by atoms with Gasteiger partial charge in [0, 0.05) is 12.2 Å². The van der Waals surface area contributed by atoms with Gasteiger partial charge in [-0.25, -0.2) is 9.37 Å². The Morgan fingerprint density at radius 2 is 1.95 bits per heavy atom. The van der Waals surface area contributed by atoms with Gasteiger partial charge in [-0.3, -0.25) is 0 Å². The lowest BCUT2D eigenvalue weighted by Gasteiger charge is -2.08. The first-order valence-corrected chi connectivity index (χ1v) is 6.30. The molecule has 0 saturated heterocycles. The molecule has 0 aliphatic rings. The smallest absolute Gasteiger partial charge is 0.126 e. The summed E-state index contributed by atoms with van der Waals surface area (Å²) in [5.74, 6) is 1.32. The second-order valence-electron chi connectivity index (χ2n) is 4.25. The van der Waals surface area contributed by atoms with E-state index in [9.17, 15) is 4.39 Å². The predicted molar refractivity (Wildman–Crippen MR) is 74.0 cm³/mol. The first kappa shape index (κ1) is 13.3. The van der Waals surface area contributed by atoms with E-state index < -0.39 is 0 Å². The summed E-state index contributed by atoms with van der Waals surface area (Å²) in [6.07, 6.45) is 0.854. The number of aromatic nitrogens is 1. The summed E-state index contributed by atoms with van der Waals surface area (Å²) >= 11 is 0. The van der Waals surface area contributed by atoms with Crippen molar-refractivity contribution in [1.29, 1.82) is 0 Å². The zero-order valence-electron chi connectivity index (χ0n) is 10.9. The molecule has 100 valence electrons. The molecule has 19 heavy (non-hydrogen) atoms. The van der Waals surface area contributed by atoms with Crippen LogP contribution in [0.25, 0.3) is 0 Å². The van der Waals surface area contributed by atoms with Gasteiger partial charge in [0.05, 0.1) is 6.61 Å². The van der Waals surface area contributed by atoms with E-state index in [1.54, 1.807) is 12.1 Å². The Morgan fingerprint density at radius 3 is 2.68 bits per heavy atom. The highest BCUT2D eigenvalue weighted by Crippen LogP contribution is 2.11. The Kier molecular flexibility index (Phi) is 4.72. The minimum absolute atomic E-state index is 0.250. The number of hydrogen-bond acceptors (Lipinski definition) is 3. The lowest BCUT2D eigenvalue weighted by molar-refractivity contribution is 0.314. The third-order valence-electron chi connectivity index (χ3n) is 2.60. The monoisotopic (exact) mass is 260 g/mol. The fraction of sp³-hybridized carbons (Fsp3) is 0.267. The van der Waals surface area contributed by atoms with Gasteiger partial charge in [-0.05, 0) is 49.7 Å². The van der Waals surface area contributed by atoms with Gasteiger partial charge >= 0.3 is 0 Å². The summed E-state index contributed by atoms with van der Waals surface area (Å²) in [5.41, 5.74) is 0.993. The van der Waals surface area contributed by atoms with Gasteiger partial charge in [-0.15, -0.1) is 0 Å². The number of nitrogens with one attached hydrogen (secondary N) is 1.